The Morgan fingerprint density at radius 1 is 1.26 bits per heavy atom. The van der Waals surface area contributed by atoms with Gasteiger partial charge in [-0.25, -0.2) is 10.2 Å². The van der Waals surface area contributed by atoms with Crippen molar-refractivity contribution in [3.8, 4) is 0 Å². The summed E-state index contributed by atoms with van der Waals surface area (Å²) in [5, 5.41) is 9.97. The molecule has 0 atom stereocenters. The monoisotopic (exact) mass is 281 g/mol. The van der Waals surface area contributed by atoms with Gasteiger partial charge in [-0.05, 0) is 30.3 Å². The van der Waals surface area contributed by atoms with Gasteiger partial charge in [-0.2, -0.15) is 0 Å². The molecule has 0 saturated heterocycles. The molecule has 0 aliphatic heterocycles. The lowest BCUT2D eigenvalue weighted by Crippen LogP contribution is -2.16. The maximum Gasteiger partial charge on any atom is 0.276 e. The molecule has 1 amide bonds. The van der Waals surface area contributed by atoms with E-state index in [1.54, 1.807) is 0 Å². The number of rotatable bonds is 3. The minimum Gasteiger partial charge on any atom is -0.319 e. The molecule has 1 aromatic heterocycles. The Bertz CT molecular complexity index is 605. The van der Waals surface area contributed by atoms with Crippen molar-refractivity contribution < 1.29 is 9.18 Å². The third kappa shape index (κ3) is 3.15. The van der Waals surface area contributed by atoms with Crippen molar-refractivity contribution in [2.45, 2.75) is 0 Å². The van der Waals surface area contributed by atoms with E-state index in [1.807, 2.05) is 0 Å². The molecule has 1 aromatic carbocycles. The van der Waals surface area contributed by atoms with Crippen LogP contribution >= 0.6 is 11.6 Å². The second-order valence-electron chi connectivity index (χ2n) is 3.53. The molecule has 0 bridgehead atoms. The summed E-state index contributed by atoms with van der Waals surface area (Å²) in [6.07, 6.45) is 0. The molecule has 0 fully saturated rings. The number of halogens is 2. The predicted molar refractivity (Wildman–Crippen MR) is 69.2 cm³/mol. The first-order valence-corrected chi connectivity index (χ1v) is 5.54. The second-order valence-corrected chi connectivity index (χ2v) is 3.93. The van der Waals surface area contributed by atoms with Crippen LogP contribution in [0.1, 0.15) is 10.5 Å². The lowest BCUT2D eigenvalue weighted by Gasteiger charge is -2.06. The number of carbonyl (C=O) groups excluding carboxylic acids is 1. The molecule has 2 aromatic rings. The largest absolute Gasteiger partial charge is 0.319 e. The molecule has 2 rings (SSSR count). The van der Waals surface area contributed by atoms with Crippen LogP contribution < -0.4 is 16.6 Å². The average molecular weight is 282 g/mol. The van der Waals surface area contributed by atoms with Crippen molar-refractivity contribution in [3.05, 3.63) is 46.9 Å². The third-order valence-electron chi connectivity index (χ3n) is 2.22. The van der Waals surface area contributed by atoms with E-state index in [-0.39, 0.29) is 16.4 Å². The van der Waals surface area contributed by atoms with E-state index in [4.69, 9.17) is 17.4 Å². The zero-order chi connectivity index (χ0) is 13.8. The quantitative estimate of drug-likeness (QED) is 0.589. The highest BCUT2D eigenvalue weighted by Crippen LogP contribution is 2.22. The normalized spacial score (nSPS) is 10.1. The van der Waals surface area contributed by atoms with Crippen LogP contribution in [0.15, 0.2) is 30.3 Å². The summed E-state index contributed by atoms with van der Waals surface area (Å²) in [6, 6.07) is 6.56. The summed E-state index contributed by atoms with van der Waals surface area (Å²) >= 11 is 5.83. The summed E-state index contributed by atoms with van der Waals surface area (Å²) in [7, 11) is 0. The Hall–Kier alpha value is -2.25. The van der Waals surface area contributed by atoms with Crippen molar-refractivity contribution in [2.75, 3.05) is 10.7 Å². The molecule has 0 radical (unpaired) electrons. The van der Waals surface area contributed by atoms with Crippen molar-refractivity contribution in [2.24, 2.45) is 5.84 Å². The minimum atomic E-state index is -0.552. The molecular weight excluding hydrogens is 273 g/mol. The number of anilines is 2. The van der Waals surface area contributed by atoms with E-state index in [9.17, 15) is 9.18 Å². The first-order chi connectivity index (χ1) is 9.10. The summed E-state index contributed by atoms with van der Waals surface area (Å²) in [6.45, 7) is 0. The van der Waals surface area contributed by atoms with E-state index >= 15 is 0 Å². The number of nitrogens with zero attached hydrogens (tertiary/aromatic N) is 2. The Labute approximate surface area is 112 Å². The predicted octanol–water partition coefficient (Wildman–Crippen LogP) is 1.81. The highest BCUT2D eigenvalue weighted by Gasteiger charge is 2.11. The molecule has 0 spiro atoms. The highest BCUT2D eigenvalue weighted by molar-refractivity contribution is 6.33. The maximum atomic E-state index is 13.0. The van der Waals surface area contributed by atoms with Crippen LogP contribution in [0, 0.1) is 5.82 Å². The first-order valence-electron chi connectivity index (χ1n) is 5.17. The molecule has 6 nitrogen and oxygen atoms in total. The van der Waals surface area contributed by atoms with Crippen LogP contribution in [0.5, 0.6) is 0 Å². The number of hydrazine groups is 1. The molecule has 1 heterocycles. The van der Waals surface area contributed by atoms with Crippen LogP contribution in [-0.2, 0) is 0 Å². The zero-order valence-electron chi connectivity index (χ0n) is 9.52. The first kappa shape index (κ1) is 13.2. The van der Waals surface area contributed by atoms with Gasteiger partial charge in [0.05, 0.1) is 10.7 Å². The number of carbonyl (C=O) groups is 1. The van der Waals surface area contributed by atoms with Crippen LogP contribution in [0.25, 0.3) is 0 Å². The number of hydrogen-bond acceptors (Lipinski definition) is 5. The summed E-state index contributed by atoms with van der Waals surface area (Å²) in [4.78, 5) is 11.8. The number of nitrogens with one attached hydrogen (secondary N) is 2. The minimum absolute atomic E-state index is 0.0549. The van der Waals surface area contributed by atoms with Gasteiger partial charge in [-0.1, -0.05) is 11.6 Å². The van der Waals surface area contributed by atoms with E-state index in [0.717, 1.165) is 6.07 Å². The lowest BCUT2D eigenvalue weighted by molar-refractivity contribution is 0.102. The van der Waals surface area contributed by atoms with Crippen molar-refractivity contribution in [1.29, 1.82) is 0 Å². The van der Waals surface area contributed by atoms with Crippen LogP contribution in [0.2, 0.25) is 5.02 Å². The van der Waals surface area contributed by atoms with Crippen LogP contribution in [-0.4, -0.2) is 16.1 Å². The fourth-order valence-corrected chi connectivity index (χ4v) is 1.47. The standard InChI is InChI=1S/C11H9ClFN5O/c12-7-2-1-6(13)5-9(7)15-11(19)8-3-4-10(16-14)18-17-8/h1-5H,14H2,(H,15,19)(H,16,18). The molecule has 19 heavy (non-hydrogen) atoms. The van der Waals surface area contributed by atoms with Gasteiger partial charge >= 0.3 is 0 Å². The number of aromatic nitrogens is 2. The lowest BCUT2D eigenvalue weighted by atomic mass is 10.3. The van der Waals surface area contributed by atoms with Crippen LogP contribution in [0.4, 0.5) is 15.9 Å². The van der Waals surface area contributed by atoms with E-state index in [1.165, 1.54) is 24.3 Å². The Balaban J connectivity index is 2.18. The molecule has 4 N–H and O–H groups in total. The second kappa shape index (κ2) is 5.59. The number of amides is 1. The molecule has 0 saturated carbocycles. The third-order valence-corrected chi connectivity index (χ3v) is 2.55. The van der Waals surface area contributed by atoms with Gasteiger partial charge in [0.2, 0.25) is 0 Å². The fraction of sp³-hybridized carbons (Fsp3) is 0. The smallest absolute Gasteiger partial charge is 0.276 e. The maximum absolute atomic E-state index is 13.0. The van der Waals surface area contributed by atoms with Gasteiger partial charge in [0.1, 0.15) is 5.82 Å². The van der Waals surface area contributed by atoms with E-state index in [0.29, 0.717) is 5.82 Å². The average Bonchev–Trinajstić information content (AvgIpc) is 2.43. The number of benzene rings is 1. The Kier molecular flexibility index (Phi) is 3.88. The molecule has 0 aliphatic carbocycles. The molecule has 98 valence electrons. The van der Waals surface area contributed by atoms with Gasteiger partial charge in [0.15, 0.2) is 11.5 Å². The van der Waals surface area contributed by atoms with Gasteiger partial charge in [-0.15, -0.1) is 10.2 Å². The molecular formula is C11H9ClFN5O. The van der Waals surface area contributed by atoms with E-state index in [2.05, 4.69) is 20.9 Å². The number of nitrogens with two attached hydrogens (primary N) is 1. The topological polar surface area (TPSA) is 92.9 Å². The van der Waals surface area contributed by atoms with E-state index < -0.39 is 11.7 Å². The van der Waals surface area contributed by atoms with Crippen LogP contribution in [0.3, 0.4) is 0 Å². The molecule has 0 unspecified atom stereocenters. The summed E-state index contributed by atoms with van der Waals surface area (Å²) in [5.41, 5.74) is 2.50. The number of nitrogen functional groups attached to an aromatic ring is 1. The van der Waals surface area contributed by atoms with Gasteiger partial charge in [-0.3, -0.25) is 4.79 Å². The van der Waals surface area contributed by atoms with Gasteiger partial charge < -0.3 is 10.7 Å². The fourth-order valence-electron chi connectivity index (χ4n) is 1.31. The Morgan fingerprint density at radius 2 is 2.05 bits per heavy atom. The molecule has 0 aliphatic rings. The van der Waals surface area contributed by atoms with Crippen molar-refractivity contribution >= 4 is 29.0 Å². The number of hydrogen-bond donors (Lipinski definition) is 3. The zero-order valence-corrected chi connectivity index (χ0v) is 10.3. The summed E-state index contributed by atoms with van der Waals surface area (Å²) in [5.74, 6) is 4.39. The molecule has 8 heteroatoms. The van der Waals surface area contributed by atoms with Gasteiger partial charge in [0, 0.05) is 0 Å². The SMILES string of the molecule is NNc1ccc(C(=O)Nc2cc(F)ccc2Cl)nn1. The van der Waals surface area contributed by atoms with Gasteiger partial charge in [0.25, 0.3) is 5.91 Å². The summed E-state index contributed by atoms with van der Waals surface area (Å²) < 4.78 is 13.0. The van der Waals surface area contributed by atoms with Crippen molar-refractivity contribution in [3.63, 3.8) is 0 Å². The Morgan fingerprint density at radius 3 is 2.68 bits per heavy atom. The highest BCUT2D eigenvalue weighted by atomic mass is 35.5. The van der Waals surface area contributed by atoms with Crippen molar-refractivity contribution in [1.82, 2.24) is 10.2 Å².